The molecule has 4 rings (SSSR count). The van der Waals surface area contributed by atoms with E-state index in [1.165, 1.54) is 30.7 Å². The van der Waals surface area contributed by atoms with Crippen LogP contribution in [-0.2, 0) is 22.6 Å². The lowest BCUT2D eigenvalue weighted by Gasteiger charge is -2.33. The highest BCUT2D eigenvalue weighted by molar-refractivity contribution is 9.10. The van der Waals surface area contributed by atoms with Gasteiger partial charge in [0.25, 0.3) is 5.91 Å². The Morgan fingerprint density at radius 2 is 1.59 bits per heavy atom. The molecule has 37 heavy (non-hydrogen) atoms. The average molecular weight is 567 g/mol. The summed E-state index contributed by atoms with van der Waals surface area (Å²) >= 11 is 3.46. The third-order valence-corrected chi connectivity index (χ3v) is 7.19. The molecule has 0 aromatic heterocycles. The van der Waals surface area contributed by atoms with Gasteiger partial charge in [-0.05, 0) is 60.4 Å². The second-order valence-corrected chi connectivity index (χ2v) is 10.4. The van der Waals surface area contributed by atoms with Crippen LogP contribution in [0.5, 0.6) is 5.75 Å². The number of carbonyl (C=O) groups excluding carboxylic acids is 2. The quantitative estimate of drug-likeness (QED) is 0.324. The molecule has 0 heterocycles. The van der Waals surface area contributed by atoms with Crippen molar-refractivity contribution >= 4 is 27.7 Å². The number of carbonyl (C=O) groups is 2. The zero-order valence-corrected chi connectivity index (χ0v) is 22.3. The number of benzene rings is 3. The molecule has 1 fully saturated rings. The van der Waals surface area contributed by atoms with Gasteiger partial charge in [0.1, 0.15) is 17.6 Å². The van der Waals surface area contributed by atoms with Gasteiger partial charge in [-0.1, -0.05) is 77.7 Å². The SMILES string of the molecule is O=C(NC1CCCCC1)C(Cc1ccccc1)N(Cc1ccc(Br)cc1)C(=O)COc1ccc(F)cc1. The van der Waals surface area contributed by atoms with Crippen LogP contribution in [0.1, 0.15) is 43.2 Å². The van der Waals surface area contributed by atoms with Gasteiger partial charge in [0.2, 0.25) is 5.91 Å². The summed E-state index contributed by atoms with van der Waals surface area (Å²) in [5, 5.41) is 3.23. The van der Waals surface area contributed by atoms with E-state index in [1.54, 1.807) is 4.90 Å². The highest BCUT2D eigenvalue weighted by Gasteiger charge is 2.32. The second kappa shape index (κ2) is 13.4. The molecule has 1 N–H and O–H groups in total. The summed E-state index contributed by atoms with van der Waals surface area (Å²) in [7, 11) is 0. The molecule has 3 aromatic carbocycles. The first-order chi connectivity index (χ1) is 18.0. The molecule has 5 nitrogen and oxygen atoms in total. The van der Waals surface area contributed by atoms with Crippen LogP contribution in [-0.4, -0.2) is 35.4 Å². The molecule has 2 amide bonds. The lowest BCUT2D eigenvalue weighted by Crippen LogP contribution is -2.53. The van der Waals surface area contributed by atoms with Gasteiger partial charge in [-0.3, -0.25) is 9.59 Å². The van der Waals surface area contributed by atoms with Crippen LogP contribution in [0.25, 0.3) is 0 Å². The molecule has 0 spiro atoms. The fourth-order valence-electron chi connectivity index (χ4n) is 4.64. The van der Waals surface area contributed by atoms with Crippen LogP contribution in [0.15, 0.2) is 83.3 Å². The standard InChI is InChI=1S/C30H32BrFN2O3/c31-24-13-11-23(12-14-24)20-34(29(35)21-37-27-17-15-25(32)16-18-27)28(19-22-7-3-1-4-8-22)30(36)33-26-9-5-2-6-10-26/h1,3-4,7-8,11-18,26,28H,2,5-6,9-10,19-21H2,(H,33,36). The molecule has 1 atom stereocenters. The van der Waals surface area contributed by atoms with E-state index in [0.29, 0.717) is 12.2 Å². The van der Waals surface area contributed by atoms with Gasteiger partial charge >= 0.3 is 0 Å². The van der Waals surface area contributed by atoms with Crippen LogP contribution in [0.2, 0.25) is 0 Å². The van der Waals surface area contributed by atoms with E-state index in [-0.39, 0.29) is 36.8 Å². The molecule has 0 aliphatic heterocycles. The number of hydrogen-bond donors (Lipinski definition) is 1. The molecule has 0 radical (unpaired) electrons. The van der Waals surface area contributed by atoms with Crippen molar-refractivity contribution in [2.45, 2.75) is 57.2 Å². The zero-order valence-electron chi connectivity index (χ0n) is 20.7. The van der Waals surface area contributed by atoms with E-state index in [2.05, 4.69) is 21.2 Å². The number of ether oxygens (including phenoxy) is 1. The van der Waals surface area contributed by atoms with Crippen molar-refractivity contribution in [3.8, 4) is 5.75 Å². The maximum atomic E-state index is 13.7. The maximum Gasteiger partial charge on any atom is 0.261 e. The summed E-state index contributed by atoms with van der Waals surface area (Å²) in [6.07, 6.45) is 5.69. The van der Waals surface area contributed by atoms with Crippen molar-refractivity contribution in [3.05, 3.63) is 100 Å². The monoisotopic (exact) mass is 566 g/mol. The molecule has 0 saturated heterocycles. The molecule has 194 valence electrons. The second-order valence-electron chi connectivity index (χ2n) is 9.44. The lowest BCUT2D eigenvalue weighted by atomic mass is 9.94. The number of hydrogen-bond acceptors (Lipinski definition) is 3. The summed E-state index contributed by atoms with van der Waals surface area (Å²) in [4.78, 5) is 29.0. The number of halogens is 2. The summed E-state index contributed by atoms with van der Waals surface area (Å²) in [6.45, 7) is -0.00135. The molecule has 0 bridgehead atoms. The normalized spacial score (nSPS) is 14.5. The van der Waals surface area contributed by atoms with E-state index in [0.717, 1.165) is 41.3 Å². The topological polar surface area (TPSA) is 58.6 Å². The fraction of sp³-hybridized carbons (Fsp3) is 0.333. The van der Waals surface area contributed by atoms with Crippen molar-refractivity contribution in [3.63, 3.8) is 0 Å². The Balaban J connectivity index is 1.59. The third kappa shape index (κ3) is 8.15. The Morgan fingerprint density at radius 3 is 2.27 bits per heavy atom. The summed E-state index contributed by atoms with van der Waals surface area (Å²) < 4.78 is 19.9. The van der Waals surface area contributed by atoms with Crippen LogP contribution in [0.3, 0.4) is 0 Å². The summed E-state index contributed by atoms with van der Waals surface area (Å²) in [5.74, 6) is -0.447. The molecular formula is C30H32BrFN2O3. The van der Waals surface area contributed by atoms with E-state index < -0.39 is 6.04 Å². The Hall–Kier alpha value is -3.19. The van der Waals surface area contributed by atoms with Crippen molar-refractivity contribution in [2.24, 2.45) is 0 Å². The molecule has 1 unspecified atom stereocenters. The molecule has 7 heteroatoms. The van der Waals surface area contributed by atoms with Crippen LogP contribution in [0, 0.1) is 5.82 Å². The molecule has 1 aliphatic carbocycles. The van der Waals surface area contributed by atoms with Gasteiger partial charge in [0.15, 0.2) is 6.61 Å². The number of nitrogens with one attached hydrogen (secondary N) is 1. The van der Waals surface area contributed by atoms with Crippen molar-refractivity contribution in [1.29, 1.82) is 0 Å². The number of nitrogens with zero attached hydrogens (tertiary/aromatic N) is 1. The van der Waals surface area contributed by atoms with E-state index in [9.17, 15) is 14.0 Å². The van der Waals surface area contributed by atoms with Crippen molar-refractivity contribution in [2.75, 3.05) is 6.61 Å². The van der Waals surface area contributed by atoms with Gasteiger partial charge in [-0.2, -0.15) is 0 Å². The third-order valence-electron chi connectivity index (χ3n) is 6.66. The minimum atomic E-state index is -0.711. The highest BCUT2D eigenvalue weighted by atomic mass is 79.9. The van der Waals surface area contributed by atoms with Crippen LogP contribution < -0.4 is 10.1 Å². The molecule has 1 saturated carbocycles. The Kier molecular flexibility index (Phi) is 9.71. The summed E-state index contributed by atoms with van der Waals surface area (Å²) in [5.41, 5.74) is 1.88. The fourth-order valence-corrected chi connectivity index (χ4v) is 4.91. The predicted octanol–water partition coefficient (Wildman–Crippen LogP) is 6.06. The van der Waals surface area contributed by atoms with Gasteiger partial charge in [-0.15, -0.1) is 0 Å². The molecule has 3 aromatic rings. The Morgan fingerprint density at radius 1 is 0.919 bits per heavy atom. The van der Waals surface area contributed by atoms with E-state index in [1.807, 2.05) is 54.6 Å². The van der Waals surface area contributed by atoms with Gasteiger partial charge in [-0.25, -0.2) is 4.39 Å². The average Bonchev–Trinajstić information content (AvgIpc) is 2.92. The van der Waals surface area contributed by atoms with Gasteiger partial charge in [0, 0.05) is 23.5 Å². The van der Waals surface area contributed by atoms with Crippen molar-refractivity contribution < 1.29 is 18.7 Å². The first-order valence-corrected chi connectivity index (χ1v) is 13.5. The van der Waals surface area contributed by atoms with Crippen molar-refractivity contribution in [1.82, 2.24) is 10.2 Å². The largest absolute Gasteiger partial charge is 0.484 e. The number of amides is 2. The lowest BCUT2D eigenvalue weighted by molar-refractivity contribution is -0.143. The zero-order chi connectivity index (χ0) is 26.0. The van der Waals surface area contributed by atoms with Gasteiger partial charge < -0.3 is 15.0 Å². The minimum absolute atomic E-state index is 0.125. The number of rotatable bonds is 10. The molecule has 1 aliphatic rings. The predicted molar refractivity (Wildman–Crippen MR) is 146 cm³/mol. The first-order valence-electron chi connectivity index (χ1n) is 12.7. The first kappa shape index (κ1) is 26.9. The van der Waals surface area contributed by atoms with E-state index in [4.69, 9.17) is 4.74 Å². The Labute approximate surface area is 226 Å². The maximum absolute atomic E-state index is 13.7. The van der Waals surface area contributed by atoms with Gasteiger partial charge in [0.05, 0.1) is 0 Å². The highest BCUT2D eigenvalue weighted by Crippen LogP contribution is 2.21. The minimum Gasteiger partial charge on any atom is -0.484 e. The molecular weight excluding hydrogens is 535 g/mol. The van der Waals surface area contributed by atoms with Crippen LogP contribution >= 0.6 is 15.9 Å². The smallest absolute Gasteiger partial charge is 0.261 e. The van der Waals surface area contributed by atoms with E-state index >= 15 is 0 Å². The van der Waals surface area contributed by atoms with Crippen LogP contribution in [0.4, 0.5) is 4.39 Å². The summed E-state index contributed by atoms with van der Waals surface area (Å²) in [6, 6.07) is 22.4. The Bertz CT molecular complexity index is 1150.